The largest absolute Gasteiger partial charge is 1.00 e. The van der Waals surface area contributed by atoms with Crippen molar-refractivity contribution in [1.82, 2.24) is 0 Å². The first-order valence-electron chi connectivity index (χ1n) is 16.2. The maximum Gasteiger partial charge on any atom is 1.00 e. The molecule has 32 heteroatoms. The zero-order valence-electron chi connectivity index (χ0n) is 32.6. The monoisotopic (exact) mass is 1060 g/mol. The van der Waals surface area contributed by atoms with Crippen molar-refractivity contribution < 1.29 is 121 Å². The molecule has 2 unspecified atom stereocenters. The Balaban J connectivity index is 0.000000330. The molecule has 0 aromatic heterocycles. The summed E-state index contributed by atoms with van der Waals surface area (Å²) in [6, 6.07) is 11.0. The van der Waals surface area contributed by atoms with Crippen molar-refractivity contribution in [2.24, 2.45) is 30.7 Å². The average Bonchev–Trinajstić information content (AvgIpc) is 3.61. The summed E-state index contributed by atoms with van der Waals surface area (Å²) in [4.78, 5) is 23.3. The van der Waals surface area contributed by atoms with E-state index in [2.05, 4.69) is 30.7 Å². The van der Waals surface area contributed by atoms with Gasteiger partial charge in [-0.1, -0.05) is 46.4 Å². The first-order valence-corrected chi connectivity index (χ1v) is 23.4. The van der Waals surface area contributed by atoms with Gasteiger partial charge in [0.25, 0.3) is 32.1 Å². The molecule has 2 heterocycles. The average molecular weight is 1060 g/mol. The molecule has 0 saturated carbocycles. The Labute approximate surface area is 428 Å². The SMILES string of the molecule is CC1=NN(c2cc(Cl)c(S(=O)(=O)[O-])cc2Cl)C(=O)C1N=Nc1ccc(S(=O)(=O)O)cc1.CC1=NN(c2cc(Cl)c(S(=O)(=O)[O-])cc2Cl)C(=O)C1N=Nc1ccc(S(=O)(=O)O)cc1.[Na+].[Na+]. The van der Waals surface area contributed by atoms with Gasteiger partial charge in [0, 0.05) is 0 Å². The van der Waals surface area contributed by atoms with E-state index in [1.54, 1.807) is 0 Å². The summed E-state index contributed by atoms with van der Waals surface area (Å²) < 4.78 is 130. The number of rotatable bonds is 10. The quantitative estimate of drug-likeness (QED) is 0.120. The van der Waals surface area contributed by atoms with E-state index in [1.165, 1.54) is 38.1 Å². The molecule has 2 amide bonds. The van der Waals surface area contributed by atoms with Crippen molar-refractivity contribution in [2.75, 3.05) is 10.0 Å². The number of hydrazone groups is 2. The van der Waals surface area contributed by atoms with E-state index >= 15 is 0 Å². The molecule has 0 fully saturated rings. The van der Waals surface area contributed by atoms with Crippen molar-refractivity contribution in [3.63, 3.8) is 0 Å². The van der Waals surface area contributed by atoms with E-state index < -0.39 is 84.2 Å². The normalized spacial score (nSPS) is 16.9. The smallest absolute Gasteiger partial charge is 0.744 e. The topological polar surface area (TPSA) is 338 Å². The van der Waals surface area contributed by atoms with E-state index in [9.17, 15) is 52.4 Å². The number of carbonyl (C=O) groups excluding carboxylic acids is 2. The van der Waals surface area contributed by atoms with Crippen molar-refractivity contribution in [2.45, 2.75) is 45.5 Å². The van der Waals surface area contributed by atoms with Crippen molar-refractivity contribution in [1.29, 1.82) is 0 Å². The van der Waals surface area contributed by atoms with Crippen LogP contribution in [0.1, 0.15) is 13.8 Å². The molecule has 2 atom stereocenters. The molecule has 328 valence electrons. The number of benzene rings is 4. The number of amides is 2. The predicted molar refractivity (Wildman–Crippen MR) is 219 cm³/mol. The molecule has 0 radical (unpaired) electrons. The van der Waals surface area contributed by atoms with Gasteiger partial charge >= 0.3 is 59.1 Å². The van der Waals surface area contributed by atoms with Gasteiger partial charge in [0.05, 0.1) is 73.8 Å². The van der Waals surface area contributed by atoms with E-state index in [1.807, 2.05) is 0 Å². The minimum absolute atomic E-state index is 0. The second-order valence-corrected chi connectivity index (χ2v) is 19.5. The minimum atomic E-state index is -4.88. The molecule has 2 aliphatic heterocycles. The van der Waals surface area contributed by atoms with E-state index in [0.29, 0.717) is 0 Å². The van der Waals surface area contributed by atoms with Crippen LogP contribution < -0.4 is 69.1 Å². The second kappa shape index (κ2) is 21.4. The number of anilines is 2. The van der Waals surface area contributed by atoms with Crippen LogP contribution in [0.2, 0.25) is 20.1 Å². The van der Waals surface area contributed by atoms with Gasteiger partial charge in [0.15, 0.2) is 12.1 Å². The zero-order chi connectivity index (χ0) is 46.3. The number of azo groups is 2. The molecule has 2 aliphatic rings. The summed E-state index contributed by atoms with van der Waals surface area (Å²) in [7, 11) is -18.5. The fraction of sp³-hybridized carbons (Fsp3) is 0.125. The molecule has 4 aromatic rings. The van der Waals surface area contributed by atoms with Crippen LogP contribution >= 0.6 is 46.4 Å². The number of halogens is 4. The third-order valence-electron chi connectivity index (χ3n) is 8.04. The van der Waals surface area contributed by atoms with Crippen LogP contribution in [-0.4, -0.2) is 87.2 Å². The Hall–Kier alpha value is -2.84. The molecule has 2 N–H and O–H groups in total. The fourth-order valence-electron chi connectivity index (χ4n) is 5.09. The Morgan fingerprint density at radius 2 is 0.844 bits per heavy atom. The molecule has 0 bridgehead atoms. The van der Waals surface area contributed by atoms with Crippen LogP contribution in [0.15, 0.2) is 123 Å². The van der Waals surface area contributed by atoms with Crippen LogP contribution in [-0.2, 0) is 50.1 Å². The third-order valence-corrected chi connectivity index (χ3v) is 13.0. The van der Waals surface area contributed by atoms with Crippen molar-refractivity contribution in [3.8, 4) is 0 Å². The maximum atomic E-state index is 12.7. The van der Waals surface area contributed by atoms with E-state index in [-0.39, 0.29) is 113 Å². The number of hydrogen-bond donors (Lipinski definition) is 2. The van der Waals surface area contributed by atoms with Crippen molar-refractivity contribution >= 4 is 133 Å². The molecule has 64 heavy (non-hydrogen) atoms. The summed E-state index contributed by atoms with van der Waals surface area (Å²) >= 11 is 23.7. The van der Waals surface area contributed by atoms with Crippen LogP contribution in [0.5, 0.6) is 0 Å². The summed E-state index contributed by atoms with van der Waals surface area (Å²) in [5.74, 6) is -1.35. The first-order chi connectivity index (χ1) is 28.6. The standard InChI is InChI=1S/2C16H12Cl2N4O7S2.2Na/c2*1-8-15(20-19-9-2-4-10(5-3-9)30(24,25)26)16(23)22(21-8)13-6-12(18)14(7-11(13)17)31(27,28)29;;/h2*2-7,15H,1H3,(H,24,25,26)(H,27,28,29);;/q;;2*+1/p-2. The van der Waals surface area contributed by atoms with Crippen LogP contribution in [0.25, 0.3) is 0 Å². The van der Waals surface area contributed by atoms with Gasteiger partial charge in [-0.3, -0.25) is 18.7 Å². The Kier molecular flexibility index (Phi) is 18.6. The molecule has 4 aromatic carbocycles. The van der Waals surface area contributed by atoms with Crippen molar-refractivity contribution in [3.05, 3.63) is 92.9 Å². The molecule has 0 saturated heterocycles. The summed E-state index contributed by atoms with van der Waals surface area (Å²) in [5, 5.41) is 24.0. The second-order valence-electron chi connectivity index (χ2n) is 12.3. The van der Waals surface area contributed by atoms with Gasteiger partial charge in [-0.05, 0) is 86.6 Å². The summed E-state index contributed by atoms with van der Waals surface area (Å²) in [5.41, 5.74) is 0.763. The number of hydrogen-bond acceptors (Lipinski definition) is 18. The van der Waals surface area contributed by atoms with Gasteiger partial charge in [0.2, 0.25) is 0 Å². The van der Waals surface area contributed by atoms with E-state index in [4.69, 9.17) is 55.5 Å². The summed E-state index contributed by atoms with van der Waals surface area (Å²) in [6.07, 6.45) is 0. The van der Waals surface area contributed by atoms with Gasteiger partial charge in [-0.25, -0.2) is 16.8 Å². The number of nitrogens with zero attached hydrogens (tertiary/aromatic N) is 8. The molecule has 0 aliphatic carbocycles. The zero-order valence-corrected chi connectivity index (χ0v) is 42.9. The molecular formula is C32H22Cl4N8Na2O14S4. The minimum Gasteiger partial charge on any atom is -0.744 e. The Morgan fingerprint density at radius 1 is 0.547 bits per heavy atom. The third kappa shape index (κ3) is 13.2. The predicted octanol–water partition coefficient (Wildman–Crippen LogP) is 0.0464. The van der Waals surface area contributed by atoms with Gasteiger partial charge in [-0.2, -0.15) is 57.5 Å². The molecule has 0 spiro atoms. The first kappa shape index (κ1) is 55.5. The van der Waals surface area contributed by atoms with Gasteiger partial charge < -0.3 is 9.11 Å². The summed E-state index contributed by atoms with van der Waals surface area (Å²) in [6.45, 7) is 2.99. The molecule has 22 nitrogen and oxygen atoms in total. The van der Waals surface area contributed by atoms with Crippen LogP contribution in [0.4, 0.5) is 22.7 Å². The molecular weight excluding hydrogens is 1040 g/mol. The van der Waals surface area contributed by atoms with E-state index in [0.717, 1.165) is 58.5 Å². The van der Waals surface area contributed by atoms with Crippen LogP contribution in [0.3, 0.4) is 0 Å². The fourth-order valence-corrected chi connectivity index (χ4v) is 8.67. The van der Waals surface area contributed by atoms with Gasteiger partial charge in [0.1, 0.15) is 20.2 Å². The maximum absolute atomic E-state index is 12.7. The number of carbonyl (C=O) groups is 2. The van der Waals surface area contributed by atoms with Crippen LogP contribution in [0, 0.1) is 0 Å². The Bertz CT molecular complexity index is 2900. The molecule has 6 rings (SSSR count). The Morgan fingerprint density at radius 3 is 1.11 bits per heavy atom. The van der Waals surface area contributed by atoms with Gasteiger partial charge in [-0.15, -0.1) is 0 Å².